The Hall–Kier alpha value is -3.50. The Morgan fingerprint density at radius 3 is 2.41 bits per heavy atom. The molecule has 7 nitrogen and oxygen atoms in total. The van der Waals surface area contributed by atoms with Crippen LogP contribution in [0, 0.1) is 5.82 Å². The third-order valence-electron chi connectivity index (χ3n) is 5.00. The van der Waals surface area contributed by atoms with Crippen molar-refractivity contribution in [1.29, 1.82) is 0 Å². The summed E-state index contributed by atoms with van der Waals surface area (Å²) in [5.41, 5.74) is -0.464. The number of nitrogens with zero attached hydrogens (tertiary/aromatic N) is 3. The van der Waals surface area contributed by atoms with Gasteiger partial charge in [0, 0.05) is 14.1 Å². The van der Waals surface area contributed by atoms with Crippen LogP contribution < -0.4 is 15.1 Å². The number of anilines is 3. The average molecular weight is 452 g/mol. The number of para-hydroxylation sites is 1. The summed E-state index contributed by atoms with van der Waals surface area (Å²) in [5, 5.41) is 1.78. The zero-order chi connectivity index (χ0) is 23.8. The summed E-state index contributed by atoms with van der Waals surface area (Å²) in [7, 11) is 3.30. The van der Waals surface area contributed by atoms with Gasteiger partial charge in [0.15, 0.2) is 6.04 Å². The van der Waals surface area contributed by atoms with E-state index in [0.717, 1.165) is 11.0 Å². The number of benzene rings is 1. The maximum atomic E-state index is 14.7. The molecular formula is C21H20F4N4O3. The standard InChI is InChI=1S/C21H20F4N4O3/c1-4-14(21(23,24)25)26-20(32)16-18(31)17(30)11-9-10-15(28(2)3)27-19(11)29(16)13-8-6-5-7-12(13)22/h5-10,14,16H,4H2,1-3H3,(H,26,32). The number of carbonyl (C=O) groups is 3. The van der Waals surface area contributed by atoms with Crippen molar-refractivity contribution in [3.05, 3.63) is 47.8 Å². The summed E-state index contributed by atoms with van der Waals surface area (Å²) < 4.78 is 54.4. The minimum atomic E-state index is -4.77. The van der Waals surface area contributed by atoms with Crippen LogP contribution in [-0.2, 0) is 9.59 Å². The van der Waals surface area contributed by atoms with Gasteiger partial charge < -0.3 is 15.1 Å². The first-order valence-corrected chi connectivity index (χ1v) is 9.65. The molecule has 1 N–H and O–H groups in total. The number of Topliss-reactive ketones (excluding diaryl/α,β-unsaturated/α-hetero) is 2. The lowest BCUT2D eigenvalue weighted by molar-refractivity contribution is -0.162. The van der Waals surface area contributed by atoms with Gasteiger partial charge in [0.05, 0.1) is 11.3 Å². The quantitative estimate of drug-likeness (QED) is 0.427. The highest BCUT2D eigenvalue weighted by Gasteiger charge is 2.48. The zero-order valence-electron chi connectivity index (χ0n) is 17.4. The summed E-state index contributed by atoms with van der Waals surface area (Å²) in [6.07, 6.45) is -5.27. The van der Waals surface area contributed by atoms with Crippen LogP contribution in [0.15, 0.2) is 36.4 Å². The van der Waals surface area contributed by atoms with Gasteiger partial charge in [-0.25, -0.2) is 9.37 Å². The van der Waals surface area contributed by atoms with Gasteiger partial charge in [0.25, 0.3) is 5.91 Å². The van der Waals surface area contributed by atoms with Crippen molar-refractivity contribution in [2.75, 3.05) is 23.9 Å². The lowest BCUT2D eigenvalue weighted by Gasteiger charge is -2.36. The van der Waals surface area contributed by atoms with Crippen molar-refractivity contribution in [1.82, 2.24) is 10.3 Å². The molecule has 2 atom stereocenters. The molecule has 3 rings (SSSR count). The summed E-state index contributed by atoms with van der Waals surface area (Å²) in [5.74, 6) is -4.48. The first-order chi connectivity index (χ1) is 15.0. The van der Waals surface area contributed by atoms with E-state index in [1.807, 2.05) is 0 Å². The van der Waals surface area contributed by atoms with Crippen LogP contribution in [0.2, 0.25) is 0 Å². The van der Waals surface area contributed by atoms with Crippen molar-refractivity contribution in [3.8, 4) is 0 Å². The van der Waals surface area contributed by atoms with Crippen LogP contribution in [0.4, 0.5) is 34.9 Å². The second-order valence-electron chi connectivity index (χ2n) is 7.36. The van der Waals surface area contributed by atoms with E-state index in [2.05, 4.69) is 4.98 Å². The molecule has 0 saturated heterocycles. The molecule has 1 aliphatic heterocycles. The topological polar surface area (TPSA) is 82.6 Å². The van der Waals surface area contributed by atoms with Gasteiger partial charge >= 0.3 is 6.18 Å². The Kier molecular flexibility index (Phi) is 6.20. The number of fused-ring (bicyclic) bond motifs is 1. The predicted molar refractivity (Wildman–Crippen MR) is 109 cm³/mol. The van der Waals surface area contributed by atoms with Crippen molar-refractivity contribution < 1.29 is 31.9 Å². The molecule has 2 aromatic rings. The first-order valence-electron chi connectivity index (χ1n) is 9.65. The molecule has 1 aliphatic rings. The van der Waals surface area contributed by atoms with Gasteiger partial charge in [0.2, 0.25) is 11.6 Å². The number of nitrogens with one attached hydrogen (secondary N) is 1. The lowest BCUT2D eigenvalue weighted by atomic mass is 9.94. The normalized spacial score (nSPS) is 17.1. The number of hydrogen-bond donors (Lipinski definition) is 1. The van der Waals surface area contributed by atoms with Crippen LogP contribution in [0.5, 0.6) is 0 Å². The molecule has 1 amide bonds. The number of alkyl halides is 3. The highest BCUT2D eigenvalue weighted by molar-refractivity contribution is 6.51. The fourth-order valence-corrected chi connectivity index (χ4v) is 3.35. The van der Waals surface area contributed by atoms with Gasteiger partial charge in [0.1, 0.15) is 23.5 Å². The largest absolute Gasteiger partial charge is 0.408 e. The van der Waals surface area contributed by atoms with Crippen molar-refractivity contribution in [2.45, 2.75) is 31.6 Å². The van der Waals surface area contributed by atoms with E-state index in [-0.39, 0.29) is 17.1 Å². The summed E-state index contributed by atoms with van der Waals surface area (Å²) in [6.45, 7) is 1.21. The molecule has 0 spiro atoms. The molecule has 2 unspecified atom stereocenters. The monoisotopic (exact) mass is 452 g/mol. The van der Waals surface area contributed by atoms with Gasteiger partial charge in [-0.2, -0.15) is 13.2 Å². The highest BCUT2D eigenvalue weighted by Crippen LogP contribution is 2.37. The smallest absolute Gasteiger partial charge is 0.363 e. The van der Waals surface area contributed by atoms with Gasteiger partial charge in [-0.15, -0.1) is 0 Å². The lowest BCUT2D eigenvalue weighted by Crippen LogP contribution is -2.58. The molecule has 11 heteroatoms. The molecule has 0 bridgehead atoms. The molecule has 0 fully saturated rings. The van der Waals surface area contributed by atoms with E-state index < -0.39 is 48.0 Å². The Morgan fingerprint density at radius 2 is 1.84 bits per heavy atom. The first kappa shape index (κ1) is 23.2. The third kappa shape index (κ3) is 4.14. The molecule has 1 aromatic heterocycles. The van der Waals surface area contributed by atoms with Crippen LogP contribution in [0.3, 0.4) is 0 Å². The van der Waals surface area contributed by atoms with Crippen molar-refractivity contribution in [2.24, 2.45) is 0 Å². The van der Waals surface area contributed by atoms with E-state index in [9.17, 15) is 31.9 Å². The Bertz CT molecular complexity index is 1070. The van der Waals surface area contributed by atoms with E-state index in [4.69, 9.17) is 0 Å². The van der Waals surface area contributed by atoms with Gasteiger partial charge in [-0.1, -0.05) is 19.1 Å². The molecule has 0 aliphatic carbocycles. The number of pyridine rings is 1. The molecule has 2 heterocycles. The number of rotatable bonds is 5. The number of halogens is 4. The highest BCUT2D eigenvalue weighted by atomic mass is 19.4. The molecule has 170 valence electrons. The molecule has 1 aromatic carbocycles. The van der Waals surface area contributed by atoms with Crippen LogP contribution >= 0.6 is 0 Å². The summed E-state index contributed by atoms with van der Waals surface area (Å²) in [6, 6.07) is 3.56. The zero-order valence-corrected chi connectivity index (χ0v) is 17.4. The minimum absolute atomic E-state index is 0.184. The van der Waals surface area contributed by atoms with Crippen LogP contribution in [0.25, 0.3) is 0 Å². The third-order valence-corrected chi connectivity index (χ3v) is 5.00. The molecule has 0 saturated carbocycles. The number of aromatic nitrogens is 1. The number of hydrogen-bond acceptors (Lipinski definition) is 6. The van der Waals surface area contributed by atoms with Crippen molar-refractivity contribution >= 4 is 34.8 Å². The second-order valence-corrected chi connectivity index (χ2v) is 7.36. The fraction of sp³-hybridized carbons (Fsp3) is 0.333. The predicted octanol–water partition coefficient (Wildman–Crippen LogP) is 3.02. The van der Waals surface area contributed by atoms with Crippen LogP contribution in [-0.4, -0.2) is 54.8 Å². The van der Waals surface area contributed by atoms with E-state index in [0.29, 0.717) is 5.82 Å². The molecule has 32 heavy (non-hydrogen) atoms. The maximum Gasteiger partial charge on any atom is 0.408 e. The van der Waals surface area contributed by atoms with E-state index in [1.54, 1.807) is 24.3 Å². The Morgan fingerprint density at radius 1 is 1.19 bits per heavy atom. The summed E-state index contributed by atoms with van der Waals surface area (Å²) in [4.78, 5) is 45.2. The van der Waals surface area contributed by atoms with Crippen molar-refractivity contribution in [3.63, 3.8) is 0 Å². The molecule has 0 radical (unpaired) electrons. The number of ketones is 2. The van der Waals surface area contributed by atoms with E-state index >= 15 is 0 Å². The fourth-order valence-electron chi connectivity index (χ4n) is 3.35. The second kappa shape index (κ2) is 8.56. The minimum Gasteiger partial charge on any atom is -0.363 e. The Balaban J connectivity index is 2.20. The SMILES string of the molecule is CCC(NC(=O)C1C(=O)C(=O)c2ccc(N(C)C)nc2N1c1ccccc1F)C(F)(F)F. The van der Waals surface area contributed by atoms with Crippen LogP contribution in [0.1, 0.15) is 23.7 Å². The number of carbonyl (C=O) groups excluding carboxylic acids is 3. The summed E-state index contributed by atoms with van der Waals surface area (Å²) >= 11 is 0. The Labute approximate surface area is 181 Å². The van der Waals surface area contributed by atoms with Gasteiger partial charge in [-0.05, 0) is 30.7 Å². The van der Waals surface area contributed by atoms with Gasteiger partial charge in [-0.3, -0.25) is 14.4 Å². The maximum absolute atomic E-state index is 14.7. The average Bonchev–Trinajstić information content (AvgIpc) is 2.73. The molecular weight excluding hydrogens is 432 g/mol. The number of amides is 1. The van der Waals surface area contributed by atoms with E-state index in [1.165, 1.54) is 37.3 Å².